The van der Waals surface area contributed by atoms with Crippen LogP contribution in [-0.4, -0.2) is 16.8 Å². The average molecular weight is 301 g/mol. The summed E-state index contributed by atoms with van der Waals surface area (Å²) in [7, 11) is -8.27. The molecular weight excluding hydrogens is 292 g/mol. The van der Waals surface area contributed by atoms with E-state index < -0.39 is 30.7 Å². The molecule has 0 bridgehead atoms. The van der Waals surface area contributed by atoms with E-state index in [9.17, 15) is 21.9 Å². The molecule has 2 aromatic rings. The minimum Gasteiger partial charge on any atom is -0.290 e. The van der Waals surface area contributed by atoms with E-state index in [0.717, 1.165) is 12.1 Å². The lowest BCUT2D eigenvalue weighted by Gasteiger charge is -2.07. The maximum atomic E-state index is 11.5. The molecule has 19 heavy (non-hydrogen) atoms. The van der Waals surface area contributed by atoms with Gasteiger partial charge in [0, 0.05) is 5.39 Å². The second kappa shape index (κ2) is 4.17. The third-order valence-corrected chi connectivity index (χ3v) is 4.34. The van der Waals surface area contributed by atoms with Gasteiger partial charge in [-0.15, -0.1) is 0 Å². The zero-order chi connectivity index (χ0) is 14.4. The number of benzene rings is 2. The topological polar surface area (TPSA) is 140 Å². The van der Waals surface area contributed by atoms with Crippen LogP contribution in [0.15, 0.2) is 40.1 Å². The fourth-order valence-corrected chi connectivity index (χ4v) is 3.10. The van der Waals surface area contributed by atoms with Crippen molar-refractivity contribution < 1.29 is 21.9 Å². The molecule has 0 amide bonds. The van der Waals surface area contributed by atoms with Gasteiger partial charge in [-0.1, -0.05) is 6.07 Å². The smallest absolute Gasteiger partial charge is 0.238 e. The second-order valence-corrected chi connectivity index (χ2v) is 6.99. The van der Waals surface area contributed by atoms with E-state index in [1.165, 1.54) is 18.2 Å². The van der Waals surface area contributed by atoms with Crippen molar-refractivity contribution in [3.8, 4) is 5.75 Å². The Balaban J connectivity index is 3.01. The summed E-state index contributed by atoms with van der Waals surface area (Å²) in [6.45, 7) is 0. The van der Waals surface area contributed by atoms with Gasteiger partial charge in [0.25, 0.3) is 0 Å². The number of rotatable bonds is 2. The zero-order valence-electron chi connectivity index (χ0n) is 9.40. The molecule has 9 heteroatoms. The number of sulfonamides is 2. The molecule has 101 valence electrons. The van der Waals surface area contributed by atoms with E-state index in [2.05, 4.69) is 0 Å². The zero-order valence-corrected chi connectivity index (χ0v) is 11.0. The van der Waals surface area contributed by atoms with Crippen molar-refractivity contribution >= 4 is 30.8 Å². The second-order valence-electron chi connectivity index (χ2n) is 3.89. The van der Waals surface area contributed by atoms with E-state index in [-0.39, 0.29) is 15.7 Å². The highest BCUT2D eigenvalue weighted by atomic mass is 32.2. The highest BCUT2D eigenvalue weighted by Gasteiger charge is 2.19. The molecular formula is C10H9N2O5S2. The van der Waals surface area contributed by atoms with Crippen LogP contribution in [-0.2, 0) is 25.2 Å². The Labute approximate surface area is 109 Å². The standard InChI is InChI=1S/C10H9N2O5S2/c11-18(14,15)8-3-6-1-2-7(13)4-9(6)10(5-8)19(12,16)17/h1-5H,(H2,11,14,15)(H2,12,16,17). The third-order valence-electron chi connectivity index (χ3n) is 2.50. The van der Waals surface area contributed by atoms with Crippen LogP contribution in [0.2, 0.25) is 0 Å². The van der Waals surface area contributed by atoms with Crippen LogP contribution in [0, 0.1) is 0 Å². The first-order chi connectivity index (χ1) is 8.59. The van der Waals surface area contributed by atoms with Crippen LogP contribution in [0.3, 0.4) is 0 Å². The normalized spacial score (nSPS) is 12.7. The summed E-state index contributed by atoms with van der Waals surface area (Å²) in [5.41, 5.74) is 0. The average Bonchev–Trinajstić information content (AvgIpc) is 2.24. The Morgan fingerprint density at radius 3 is 2.00 bits per heavy atom. The minimum absolute atomic E-state index is 0.0578. The van der Waals surface area contributed by atoms with E-state index in [1.807, 2.05) is 0 Å². The maximum absolute atomic E-state index is 11.5. The predicted octanol–water partition coefficient (Wildman–Crippen LogP) is 0.278. The molecule has 0 spiro atoms. The molecule has 7 nitrogen and oxygen atoms in total. The fraction of sp³-hybridized carbons (Fsp3) is 0. The number of hydrogen-bond acceptors (Lipinski definition) is 4. The van der Waals surface area contributed by atoms with E-state index >= 15 is 0 Å². The first kappa shape index (κ1) is 13.7. The van der Waals surface area contributed by atoms with Crippen molar-refractivity contribution in [2.45, 2.75) is 9.79 Å². The van der Waals surface area contributed by atoms with Gasteiger partial charge in [-0.05, 0) is 29.7 Å². The predicted molar refractivity (Wildman–Crippen MR) is 66.8 cm³/mol. The number of hydrogen-bond donors (Lipinski definition) is 2. The molecule has 0 saturated carbocycles. The summed E-state index contributed by atoms with van der Waals surface area (Å²) in [6, 6.07) is 5.58. The molecule has 0 heterocycles. The molecule has 0 saturated heterocycles. The quantitative estimate of drug-likeness (QED) is 0.821. The lowest BCUT2D eigenvalue weighted by atomic mass is 10.1. The number of fused-ring (bicyclic) bond motifs is 1. The fourth-order valence-electron chi connectivity index (χ4n) is 1.68. The Morgan fingerprint density at radius 2 is 1.47 bits per heavy atom. The Morgan fingerprint density at radius 1 is 0.842 bits per heavy atom. The molecule has 2 rings (SSSR count). The van der Waals surface area contributed by atoms with Crippen LogP contribution in [0.1, 0.15) is 0 Å². The van der Waals surface area contributed by atoms with Crippen molar-refractivity contribution in [2.24, 2.45) is 10.3 Å². The molecule has 0 aliphatic rings. The molecule has 2 aromatic carbocycles. The van der Waals surface area contributed by atoms with Gasteiger partial charge in [-0.25, -0.2) is 27.1 Å². The third kappa shape index (κ3) is 2.68. The van der Waals surface area contributed by atoms with Crippen molar-refractivity contribution in [2.75, 3.05) is 0 Å². The first-order valence-electron chi connectivity index (χ1n) is 4.89. The van der Waals surface area contributed by atoms with Crippen LogP contribution in [0.4, 0.5) is 0 Å². The lowest BCUT2D eigenvalue weighted by Crippen LogP contribution is -2.16. The highest BCUT2D eigenvalue weighted by Crippen LogP contribution is 2.29. The molecule has 0 fully saturated rings. The van der Waals surface area contributed by atoms with Crippen molar-refractivity contribution in [3.05, 3.63) is 30.3 Å². The maximum Gasteiger partial charge on any atom is 0.238 e. The van der Waals surface area contributed by atoms with Crippen LogP contribution in [0.25, 0.3) is 10.8 Å². The van der Waals surface area contributed by atoms with E-state index in [1.54, 1.807) is 0 Å². The largest absolute Gasteiger partial charge is 0.290 e. The van der Waals surface area contributed by atoms with Crippen LogP contribution in [0.5, 0.6) is 5.75 Å². The van der Waals surface area contributed by atoms with E-state index in [4.69, 9.17) is 10.3 Å². The Kier molecular flexibility index (Phi) is 3.01. The first-order valence-corrected chi connectivity index (χ1v) is 7.99. The lowest BCUT2D eigenvalue weighted by molar-refractivity contribution is 0.355. The molecule has 0 aliphatic heterocycles. The summed E-state index contributed by atoms with van der Waals surface area (Å²) >= 11 is 0. The molecule has 4 N–H and O–H groups in total. The van der Waals surface area contributed by atoms with Crippen molar-refractivity contribution in [3.63, 3.8) is 0 Å². The van der Waals surface area contributed by atoms with Gasteiger partial charge >= 0.3 is 0 Å². The van der Waals surface area contributed by atoms with Gasteiger partial charge in [-0.3, -0.25) is 5.11 Å². The van der Waals surface area contributed by atoms with Gasteiger partial charge in [-0.2, -0.15) is 0 Å². The van der Waals surface area contributed by atoms with Gasteiger partial charge < -0.3 is 0 Å². The molecule has 0 unspecified atom stereocenters. The molecule has 0 aliphatic carbocycles. The van der Waals surface area contributed by atoms with Crippen LogP contribution < -0.4 is 10.3 Å². The highest BCUT2D eigenvalue weighted by molar-refractivity contribution is 7.90. The molecule has 0 atom stereocenters. The summed E-state index contributed by atoms with van der Waals surface area (Å²) in [4.78, 5) is -0.839. The Bertz CT molecular complexity index is 872. The summed E-state index contributed by atoms with van der Waals surface area (Å²) < 4.78 is 45.6. The molecule has 0 aromatic heterocycles. The minimum atomic E-state index is -4.19. The number of nitrogens with two attached hydrogens (primary N) is 2. The van der Waals surface area contributed by atoms with Gasteiger partial charge in [0.1, 0.15) is 0 Å². The number of primary sulfonamides is 2. The SMILES string of the molecule is NS(=O)(=O)c1cc(S(N)(=O)=O)c2cc([O])ccc2c1. The van der Waals surface area contributed by atoms with Gasteiger partial charge in [0.05, 0.1) is 9.79 Å². The summed E-state index contributed by atoms with van der Waals surface area (Å²) in [5.74, 6) is -0.416. The van der Waals surface area contributed by atoms with Crippen molar-refractivity contribution in [1.29, 1.82) is 0 Å². The van der Waals surface area contributed by atoms with Gasteiger partial charge in [0.15, 0.2) is 5.75 Å². The summed E-state index contributed by atoms with van der Waals surface area (Å²) in [6.07, 6.45) is 0. The molecule has 1 radical (unpaired) electrons. The monoisotopic (exact) mass is 301 g/mol. The Hall–Kier alpha value is -1.68. The van der Waals surface area contributed by atoms with Crippen molar-refractivity contribution in [1.82, 2.24) is 0 Å². The van der Waals surface area contributed by atoms with E-state index in [0.29, 0.717) is 0 Å². The van der Waals surface area contributed by atoms with Crippen LogP contribution >= 0.6 is 0 Å². The summed E-state index contributed by atoms with van der Waals surface area (Å²) in [5, 5.41) is 21.6. The van der Waals surface area contributed by atoms with Gasteiger partial charge in [0.2, 0.25) is 20.0 Å².